The summed E-state index contributed by atoms with van der Waals surface area (Å²) >= 11 is 1.33. The van der Waals surface area contributed by atoms with Crippen LogP contribution in [0.5, 0.6) is 0 Å². The first-order chi connectivity index (χ1) is 9.08. The highest BCUT2D eigenvalue weighted by atomic mass is 32.2. The number of thioether (sulfide) groups is 1. The molecule has 0 radical (unpaired) electrons. The third-order valence-electron chi connectivity index (χ3n) is 2.77. The number of aliphatic carboxylic acids is 1. The summed E-state index contributed by atoms with van der Waals surface area (Å²) in [4.78, 5) is 12.4. The quantitative estimate of drug-likeness (QED) is 0.661. The first kappa shape index (κ1) is 13.5. The number of rotatable bonds is 4. The Bertz CT molecular complexity index is 584. The minimum absolute atomic E-state index is 0.608. The molecule has 2 aromatic rings. The topological polar surface area (TPSA) is 63.3 Å². The van der Waals surface area contributed by atoms with Gasteiger partial charge in [-0.3, -0.25) is 4.79 Å². The molecule has 1 unspecified atom stereocenters. The predicted octanol–water partition coefficient (Wildman–Crippen LogP) is 3.50. The number of hydrogen-bond acceptors (Lipinski definition) is 3. The SMILES string of the molecule is Cc1cc(N)ccc1SC(C(=O)O)c1ccccc1. The monoisotopic (exact) mass is 273 g/mol. The third-order valence-corrected chi connectivity index (χ3v) is 4.19. The van der Waals surface area contributed by atoms with E-state index >= 15 is 0 Å². The van der Waals surface area contributed by atoms with Gasteiger partial charge in [-0.1, -0.05) is 30.3 Å². The maximum atomic E-state index is 11.4. The molecule has 0 amide bonds. The van der Waals surface area contributed by atoms with Crippen molar-refractivity contribution in [3.8, 4) is 0 Å². The summed E-state index contributed by atoms with van der Waals surface area (Å²) in [6.45, 7) is 1.93. The molecule has 98 valence electrons. The molecule has 2 rings (SSSR count). The van der Waals surface area contributed by atoms with Crippen LogP contribution in [0.15, 0.2) is 53.4 Å². The van der Waals surface area contributed by atoms with E-state index in [2.05, 4.69) is 0 Å². The molecule has 0 aliphatic rings. The molecule has 0 saturated carbocycles. The Kier molecular flexibility index (Phi) is 4.12. The van der Waals surface area contributed by atoms with E-state index in [0.29, 0.717) is 5.69 Å². The van der Waals surface area contributed by atoms with Gasteiger partial charge in [-0.15, -0.1) is 11.8 Å². The van der Waals surface area contributed by atoms with Gasteiger partial charge in [0.2, 0.25) is 0 Å². The molecule has 4 heteroatoms. The van der Waals surface area contributed by atoms with Crippen molar-refractivity contribution in [1.82, 2.24) is 0 Å². The highest BCUT2D eigenvalue weighted by molar-refractivity contribution is 8.00. The number of aryl methyl sites for hydroxylation is 1. The molecule has 0 fully saturated rings. The zero-order valence-corrected chi connectivity index (χ0v) is 11.4. The van der Waals surface area contributed by atoms with Gasteiger partial charge >= 0.3 is 5.97 Å². The summed E-state index contributed by atoms with van der Waals surface area (Å²) in [6.07, 6.45) is 0. The van der Waals surface area contributed by atoms with Crippen molar-refractivity contribution in [3.05, 3.63) is 59.7 Å². The van der Waals surface area contributed by atoms with E-state index in [1.807, 2.05) is 49.4 Å². The Hall–Kier alpha value is -1.94. The number of carboxylic acids is 1. The van der Waals surface area contributed by atoms with Gasteiger partial charge < -0.3 is 10.8 Å². The van der Waals surface area contributed by atoms with Gasteiger partial charge in [-0.2, -0.15) is 0 Å². The van der Waals surface area contributed by atoms with Crippen LogP contribution in [0.2, 0.25) is 0 Å². The Morgan fingerprint density at radius 2 is 1.89 bits per heavy atom. The van der Waals surface area contributed by atoms with Crippen molar-refractivity contribution in [3.63, 3.8) is 0 Å². The van der Waals surface area contributed by atoms with E-state index in [1.54, 1.807) is 6.07 Å². The molecule has 2 aromatic carbocycles. The highest BCUT2D eigenvalue weighted by Gasteiger charge is 2.21. The zero-order valence-electron chi connectivity index (χ0n) is 10.5. The van der Waals surface area contributed by atoms with E-state index in [9.17, 15) is 9.90 Å². The Morgan fingerprint density at radius 3 is 2.47 bits per heavy atom. The second-order valence-corrected chi connectivity index (χ2v) is 5.42. The van der Waals surface area contributed by atoms with E-state index < -0.39 is 11.2 Å². The molecule has 1 atom stereocenters. The maximum Gasteiger partial charge on any atom is 0.321 e. The maximum absolute atomic E-state index is 11.4. The minimum atomic E-state index is -0.840. The molecule has 0 aromatic heterocycles. The average molecular weight is 273 g/mol. The number of carboxylic acid groups (broad SMARTS) is 1. The fourth-order valence-electron chi connectivity index (χ4n) is 1.82. The molecule has 3 N–H and O–H groups in total. The van der Waals surface area contributed by atoms with Crippen LogP contribution < -0.4 is 5.73 Å². The van der Waals surface area contributed by atoms with Crippen LogP contribution in [0.3, 0.4) is 0 Å². The van der Waals surface area contributed by atoms with Crippen molar-refractivity contribution >= 4 is 23.4 Å². The van der Waals surface area contributed by atoms with E-state index in [0.717, 1.165) is 16.0 Å². The standard InChI is InChI=1S/C15H15NO2S/c1-10-9-12(16)7-8-13(10)19-14(15(17)18)11-5-3-2-4-6-11/h2-9,14H,16H2,1H3,(H,17,18). The fourth-order valence-corrected chi connectivity index (χ4v) is 2.86. The number of carbonyl (C=O) groups is 1. The number of hydrogen-bond donors (Lipinski definition) is 2. The van der Waals surface area contributed by atoms with Crippen molar-refractivity contribution < 1.29 is 9.90 Å². The first-order valence-electron chi connectivity index (χ1n) is 5.88. The first-order valence-corrected chi connectivity index (χ1v) is 6.76. The average Bonchev–Trinajstić information content (AvgIpc) is 2.38. The minimum Gasteiger partial charge on any atom is -0.480 e. The lowest BCUT2D eigenvalue weighted by Gasteiger charge is -2.14. The largest absolute Gasteiger partial charge is 0.480 e. The van der Waals surface area contributed by atoms with E-state index in [-0.39, 0.29) is 0 Å². The Morgan fingerprint density at radius 1 is 1.21 bits per heavy atom. The molecule has 0 aliphatic heterocycles. The lowest BCUT2D eigenvalue weighted by molar-refractivity contribution is -0.136. The second kappa shape index (κ2) is 5.80. The Labute approximate surface area is 116 Å². The summed E-state index contributed by atoms with van der Waals surface area (Å²) in [6, 6.07) is 14.8. The van der Waals surface area contributed by atoms with Gasteiger partial charge in [0.1, 0.15) is 5.25 Å². The summed E-state index contributed by atoms with van der Waals surface area (Å²) in [5.74, 6) is -0.840. The summed E-state index contributed by atoms with van der Waals surface area (Å²) in [7, 11) is 0. The van der Waals surface area contributed by atoms with E-state index in [1.165, 1.54) is 11.8 Å². The summed E-state index contributed by atoms with van der Waals surface area (Å²) in [5.41, 5.74) is 8.17. The van der Waals surface area contributed by atoms with Crippen LogP contribution in [0.1, 0.15) is 16.4 Å². The van der Waals surface area contributed by atoms with Gasteiger partial charge in [0.15, 0.2) is 0 Å². The van der Waals surface area contributed by atoms with Gasteiger partial charge in [0.25, 0.3) is 0 Å². The van der Waals surface area contributed by atoms with Crippen molar-refractivity contribution in [2.75, 3.05) is 5.73 Å². The van der Waals surface area contributed by atoms with Crippen molar-refractivity contribution in [2.24, 2.45) is 0 Å². The lowest BCUT2D eigenvalue weighted by atomic mass is 10.1. The second-order valence-electron chi connectivity index (χ2n) is 4.27. The van der Waals surface area contributed by atoms with Crippen molar-refractivity contribution in [2.45, 2.75) is 17.1 Å². The van der Waals surface area contributed by atoms with Gasteiger partial charge in [-0.05, 0) is 36.2 Å². The normalized spacial score (nSPS) is 12.1. The molecular formula is C15H15NO2S. The molecule has 0 saturated heterocycles. The van der Waals surface area contributed by atoms with Crippen molar-refractivity contribution in [1.29, 1.82) is 0 Å². The predicted molar refractivity (Wildman–Crippen MR) is 78.3 cm³/mol. The molecule has 0 aliphatic carbocycles. The molecule has 3 nitrogen and oxygen atoms in total. The number of nitrogen functional groups attached to an aromatic ring is 1. The van der Waals surface area contributed by atoms with Crippen LogP contribution in [0.4, 0.5) is 5.69 Å². The molecule has 0 bridgehead atoms. The number of anilines is 1. The van der Waals surface area contributed by atoms with Crippen LogP contribution >= 0.6 is 11.8 Å². The smallest absolute Gasteiger partial charge is 0.321 e. The number of nitrogens with two attached hydrogens (primary N) is 1. The molecule has 19 heavy (non-hydrogen) atoms. The Balaban J connectivity index is 2.29. The van der Waals surface area contributed by atoms with Crippen LogP contribution in [0.25, 0.3) is 0 Å². The number of benzene rings is 2. The van der Waals surface area contributed by atoms with Crippen LogP contribution in [0, 0.1) is 6.92 Å². The van der Waals surface area contributed by atoms with Crippen LogP contribution in [-0.2, 0) is 4.79 Å². The fraction of sp³-hybridized carbons (Fsp3) is 0.133. The van der Waals surface area contributed by atoms with Gasteiger partial charge in [-0.25, -0.2) is 0 Å². The van der Waals surface area contributed by atoms with E-state index in [4.69, 9.17) is 5.73 Å². The summed E-state index contributed by atoms with van der Waals surface area (Å²) in [5, 5.41) is 8.78. The zero-order chi connectivity index (χ0) is 13.8. The highest BCUT2D eigenvalue weighted by Crippen LogP contribution is 2.37. The third kappa shape index (κ3) is 3.29. The van der Waals surface area contributed by atoms with Gasteiger partial charge in [0.05, 0.1) is 0 Å². The molecular weight excluding hydrogens is 258 g/mol. The molecule has 0 spiro atoms. The van der Waals surface area contributed by atoms with Crippen LogP contribution in [-0.4, -0.2) is 11.1 Å². The lowest BCUT2D eigenvalue weighted by Crippen LogP contribution is -2.08. The molecule has 0 heterocycles. The summed E-state index contributed by atoms with van der Waals surface area (Å²) < 4.78 is 0. The van der Waals surface area contributed by atoms with Gasteiger partial charge in [0, 0.05) is 10.6 Å².